The largest absolute Gasteiger partial charge is 0.445 e. The van der Waals surface area contributed by atoms with Crippen LogP contribution in [-0.4, -0.2) is 12.7 Å². The number of carbonyl (C=O) groups excluding carboxylic acids is 1. The van der Waals surface area contributed by atoms with Gasteiger partial charge in [-0.25, -0.2) is 4.79 Å². The van der Waals surface area contributed by atoms with Gasteiger partial charge in [0.25, 0.3) is 0 Å². The smallest absolute Gasteiger partial charge is 0.411 e. The minimum Gasteiger partial charge on any atom is -0.445 e. The Bertz CT molecular complexity index is 1190. The molecule has 3 heteroatoms. The zero-order valence-corrected chi connectivity index (χ0v) is 23.3. The second-order valence-corrected chi connectivity index (χ2v) is 10.5. The zero-order chi connectivity index (χ0) is 26.6. The SMILES string of the molecule is CC(C)=CCC/C(C)=C/CC/C(C)=C/CC/C(C)=C/COC(=O)Nc1ccc2c(c1)Cc1ccccc1-2. The molecule has 3 rings (SSSR count). The van der Waals surface area contributed by atoms with Crippen LogP contribution in [0.15, 0.2) is 89.1 Å². The summed E-state index contributed by atoms with van der Waals surface area (Å²) in [6.07, 6.45) is 16.0. The molecule has 1 N–H and O–H groups in total. The van der Waals surface area contributed by atoms with Crippen LogP contribution in [0.1, 0.15) is 84.3 Å². The van der Waals surface area contributed by atoms with Gasteiger partial charge in [-0.1, -0.05) is 70.9 Å². The van der Waals surface area contributed by atoms with E-state index in [0.717, 1.165) is 50.6 Å². The maximum Gasteiger partial charge on any atom is 0.411 e. The molecule has 0 spiro atoms. The molecule has 1 aliphatic rings. The Kier molecular flexibility index (Phi) is 11.0. The lowest BCUT2D eigenvalue weighted by atomic mass is 10.0. The average molecular weight is 498 g/mol. The lowest BCUT2D eigenvalue weighted by Gasteiger charge is -2.08. The van der Waals surface area contributed by atoms with Crippen LogP contribution in [0.25, 0.3) is 11.1 Å². The molecule has 0 saturated carbocycles. The van der Waals surface area contributed by atoms with E-state index < -0.39 is 6.09 Å². The second kappa shape index (κ2) is 14.4. The fourth-order valence-electron chi connectivity index (χ4n) is 4.62. The van der Waals surface area contributed by atoms with Gasteiger partial charge < -0.3 is 4.74 Å². The maximum absolute atomic E-state index is 12.3. The molecule has 0 bridgehead atoms. The summed E-state index contributed by atoms with van der Waals surface area (Å²) in [6.45, 7) is 11.2. The minimum absolute atomic E-state index is 0.285. The van der Waals surface area contributed by atoms with Crippen LogP contribution >= 0.6 is 0 Å². The van der Waals surface area contributed by atoms with Crippen LogP contribution in [0.2, 0.25) is 0 Å². The molecule has 0 radical (unpaired) electrons. The summed E-state index contributed by atoms with van der Waals surface area (Å²) >= 11 is 0. The normalized spacial score (nSPS) is 13.2. The fourth-order valence-corrected chi connectivity index (χ4v) is 4.62. The van der Waals surface area contributed by atoms with Crippen molar-refractivity contribution in [2.75, 3.05) is 11.9 Å². The molecule has 37 heavy (non-hydrogen) atoms. The molecular formula is C34H43NO2. The Morgan fingerprint density at radius 2 is 1.35 bits per heavy atom. The minimum atomic E-state index is -0.417. The molecule has 1 amide bonds. The molecule has 2 aromatic carbocycles. The molecule has 2 aromatic rings. The van der Waals surface area contributed by atoms with Gasteiger partial charge in [-0.3, -0.25) is 5.32 Å². The number of allylic oxidation sites excluding steroid dienone is 7. The number of nitrogens with one attached hydrogen (secondary N) is 1. The Hall–Kier alpha value is -3.33. The Morgan fingerprint density at radius 3 is 2.03 bits per heavy atom. The Morgan fingerprint density at radius 1 is 0.757 bits per heavy atom. The van der Waals surface area contributed by atoms with Gasteiger partial charge in [-0.2, -0.15) is 0 Å². The van der Waals surface area contributed by atoms with Crippen LogP contribution in [0.5, 0.6) is 0 Å². The highest BCUT2D eigenvalue weighted by atomic mass is 16.5. The van der Waals surface area contributed by atoms with E-state index in [1.807, 2.05) is 18.2 Å². The maximum atomic E-state index is 12.3. The van der Waals surface area contributed by atoms with E-state index in [1.54, 1.807) is 0 Å². The second-order valence-electron chi connectivity index (χ2n) is 10.5. The highest BCUT2D eigenvalue weighted by molar-refractivity contribution is 5.87. The summed E-state index contributed by atoms with van der Waals surface area (Å²) in [7, 11) is 0. The van der Waals surface area contributed by atoms with Gasteiger partial charge in [0.1, 0.15) is 6.61 Å². The number of hydrogen-bond donors (Lipinski definition) is 1. The quantitative estimate of drug-likeness (QED) is 0.253. The molecular weight excluding hydrogens is 454 g/mol. The first-order valence-electron chi connectivity index (χ1n) is 13.6. The highest BCUT2D eigenvalue weighted by Gasteiger charge is 2.18. The number of carbonyl (C=O) groups is 1. The van der Waals surface area contributed by atoms with Crippen molar-refractivity contribution in [2.24, 2.45) is 0 Å². The van der Waals surface area contributed by atoms with E-state index in [4.69, 9.17) is 4.74 Å². The summed E-state index contributed by atoms with van der Waals surface area (Å²) in [5.41, 5.74) is 11.4. The number of anilines is 1. The summed E-state index contributed by atoms with van der Waals surface area (Å²) in [4.78, 5) is 12.3. The van der Waals surface area contributed by atoms with Gasteiger partial charge >= 0.3 is 6.09 Å². The van der Waals surface area contributed by atoms with Gasteiger partial charge in [0.05, 0.1) is 0 Å². The molecule has 0 aliphatic heterocycles. The van der Waals surface area contributed by atoms with Crippen LogP contribution in [0.3, 0.4) is 0 Å². The van der Waals surface area contributed by atoms with E-state index in [2.05, 4.69) is 88.5 Å². The molecule has 0 saturated heterocycles. The van der Waals surface area contributed by atoms with Crippen LogP contribution in [0.4, 0.5) is 10.5 Å². The van der Waals surface area contributed by atoms with Crippen LogP contribution in [0, 0.1) is 0 Å². The van der Waals surface area contributed by atoms with E-state index in [-0.39, 0.29) is 6.61 Å². The molecule has 1 aliphatic carbocycles. The molecule has 0 heterocycles. The first kappa shape index (κ1) is 28.2. The highest BCUT2D eigenvalue weighted by Crippen LogP contribution is 2.37. The average Bonchev–Trinajstić information content (AvgIpc) is 3.21. The van der Waals surface area contributed by atoms with Crippen molar-refractivity contribution in [3.05, 3.63) is 100 Å². The third-order valence-corrected chi connectivity index (χ3v) is 6.84. The van der Waals surface area contributed by atoms with Crippen LogP contribution in [-0.2, 0) is 11.2 Å². The third kappa shape index (κ3) is 9.57. The van der Waals surface area contributed by atoms with Crippen molar-refractivity contribution in [3.63, 3.8) is 0 Å². The van der Waals surface area contributed by atoms with Crippen molar-refractivity contribution in [1.82, 2.24) is 0 Å². The van der Waals surface area contributed by atoms with Crippen molar-refractivity contribution in [2.45, 2.75) is 79.6 Å². The summed E-state index contributed by atoms with van der Waals surface area (Å²) in [5.74, 6) is 0. The van der Waals surface area contributed by atoms with Crippen molar-refractivity contribution >= 4 is 11.8 Å². The molecule has 0 atom stereocenters. The first-order chi connectivity index (χ1) is 17.8. The lowest BCUT2D eigenvalue weighted by molar-refractivity contribution is 0.174. The third-order valence-electron chi connectivity index (χ3n) is 6.84. The van der Waals surface area contributed by atoms with E-state index in [1.165, 1.54) is 44.5 Å². The molecule has 0 unspecified atom stereocenters. The molecule has 3 nitrogen and oxygen atoms in total. The molecule has 0 aromatic heterocycles. The topological polar surface area (TPSA) is 38.3 Å². The van der Waals surface area contributed by atoms with Gasteiger partial charge in [-0.05, 0) is 120 Å². The number of amides is 1. The molecule has 196 valence electrons. The summed E-state index contributed by atoms with van der Waals surface area (Å²) in [5, 5.41) is 2.87. The number of ether oxygens (including phenoxy) is 1. The first-order valence-corrected chi connectivity index (χ1v) is 13.6. The van der Waals surface area contributed by atoms with Crippen molar-refractivity contribution < 1.29 is 9.53 Å². The lowest BCUT2D eigenvalue weighted by Crippen LogP contribution is -2.13. The Labute approximate surface area is 224 Å². The monoisotopic (exact) mass is 497 g/mol. The standard InChI is InChI=1S/C34H43NO2/c1-25(2)11-8-12-26(3)13-9-14-27(4)15-10-16-28(5)21-22-37-34(36)35-31-19-20-33-30(24-31)23-29-17-6-7-18-32(29)33/h6-7,11,13,15,17-21,24H,8-10,12,14,16,22-23H2,1-5H3,(H,35,36)/b26-13+,27-15+,28-21+. The van der Waals surface area contributed by atoms with E-state index in [9.17, 15) is 4.79 Å². The predicted molar refractivity (Wildman–Crippen MR) is 158 cm³/mol. The van der Waals surface area contributed by atoms with Crippen molar-refractivity contribution in [3.8, 4) is 11.1 Å². The van der Waals surface area contributed by atoms with Gasteiger partial charge in [0, 0.05) is 5.69 Å². The van der Waals surface area contributed by atoms with Gasteiger partial charge in [-0.15, -0.1) is 0 Å². The number of hydrogen-bond acceptors (Lipinski definition) is 2. The van der Waals surface area contributed by atoms with Crippen molar-refractivity contribution in [1.29, 1.82) is 0 Å². The summed E-state index contributed by atoms with van der Waals surface area (Å²) in [6, 6.07) is 14.5. The number of benzene rings is 2. The zero-order valence-electron chi connectivity index (χ0n) is 23.3. The Balaban J connectivity index is 1.33. The van der Waals surface area contributed by atoms with Crippen LogP contribution < -0.4 is 5.32 Å². The number of fused-ring (bicyclic) bond motifs is 3. The van der Waals surface area contributed by atoms with E-state index in [0.29, 0.717) is 0 Å². The van der Waals surface area contributed by atoms with Gasteiger partial charge in [0.15, 0.2) is 0 Å². The van der Waals surface area contributed by atoms with Gasteiger partial charge in [0.2, 0.25) is 0 Å². The molecule has 0 fully saturated rings. The van der Waals surface area contributed by atoms with E-state index >= 15 is 0 Å². The predicted octanol–water partition coefficient (Wildman–Crippen LogP) is 9.95. The number of rotatable bonds is 12. The summed E-state index contributed by atoms with van der Waals surface area (Å²) < 4.78 is 5.39. The fraction of sp³-hybridized carbons (Fsp3) is 0.382.